The van der Waals surface area contributed by atoms with E-state index in [0.717, 1.165) is 0 Å². The van der Waals surface area contributed by atoms with Crippen molar-refractivity contribution in [1.82, 2.24) is 5.32 Å². The van der Waals surface area contributed by atoms with E-state index in [9.17, 15) is 9.90 Å². The molecule has 2 N–H and O–H groups in total. The maximum Gasteiger partial charge on any atom is 0.184 e. The van der Waals surface area contributed by atoms with Crippen molar-refractivity contribution < 1.29 is 14.6 Å². The molecule has 0 radical (unpaired) electrons. The number of methoxy groups -OCH3 is 1. The Morgan fingerprint density at radius 3 is 2.86 bits per heavy atom. The normalized spacial score (nSPS) is 9.86. The van der Waals surface area contributed by atoms with Crippen LogP contribution in [0.4, 0.5) is 0 Å². The number of rotatable bonds is 4. The lowest BCUT2D eigenvalue weighted by Crippen LogP contribution is -2.19. The molecule has 14 heavy (non-hydrogen) atoms. The standard InChI is InChI=1S/C10H13NO3/c1-11-6-8(13)10-7(12)4-3-5-9(10)14-2/h3-5,11-12H,6H2,1-2H3. The first kappa shape index (κ1) is 10.5. The third kappa shape index (κ3) is 2.03. The van der Waals surface area contributed by atoms with E-state index in [1.165, 1.54) is 13.2 Å². The average Bonchev–Trinajstić information content (AvgIpc) is 2.17. The van der Waals surface area contributed by atoms with Crippen LogP contribution in [-0.4, -0.2) is 31.6 Å². The van der Waals surface area contributed by atoms with Crippen molar-refractivity contribution in [2.45, 2.75) is 0 Å². The molecule has 0 unspecified atom stereocenters. The summed E-state index contributed by atoms with van der Waals surface area (Å²) in [6.45, 7) is 0.175. The fraction of sp³-hybridized carbons (Fsp3) is 0.300. The summed E-state index contributed by atoms with van der Waals surface area (Å²) in [6.07, 6.45) is 0. The van der Waals surface area contributed by atoms with Crippen molar-refractivity contribution in [1.29, 1.82) is 0 Å². The molecule has 0 aliphatic heterocycles. The van der Waals surface area contributed by atoms with Crippen LogP contribution in [0.15, 0.2) is 18.2 Å². The molecule has 76 valence electrons. The first-order chi connectivity index (χ1) is 6.70. The molecule has 1 aromatic rings. The number of phenols is 1. The van der Waals surface area contributed by atoms with Crippen LogP contribution in [0.25, 0.3) is 0 Å². The number of phenolic OH excluding ortho intramolecular Hbond substituents is 1. The molecule has 0 saturated carbocycles. The lowest BCUT2D eigenvalue weighted by molar-refractivity contribution is 0.0988. The Bertz CT molecular complexity index is 336. The van der Waals surface area contributed by atoms with Gasteiger partial charge in [0, 0.05) is 0 Å². The molecule has 4 heteroatoms. The molecule has 0 saturated heterocycles. The van der Waals surface area contributed by atoms with E-state index in [0.29, 0.717) is 5.75 Å². The van der Waals surface area contributed by atoms with E-state index in [1.807, 2.05) is 0 Å². The molecular formula is C10H13NO3. The van der Waals surface area contributed by atoms with E-state index in [-0.39, 0.29) is 23.6 Å². The molecule has 0 aliphatic rings. The van der Waals surface area contributed by atoms with Gasteiger partial charge in [0.15, 0.2) is 5.78 Å². The second-order valence-electron chi connectivity index (χ2n) is 2.81. The van der Waals surface area contributed by atoms with Crippen molar-refractivity contribution >= 4 is 5.78 Å². The van der Waals surface area contributed by atoms with Gasteiger partial charge in [-0.25, -0.2) is 0 Å². The summed E-state index contributed by atoms with van der Waals surface area (Å²) in [5.41, 5.74) is 0.226. The largest absolute Gasteiger partial charge is 0.507 e. The Labute approximate surface area is 82.5 Å². The molecule has 0 bridgehead atoms. The lowest BCUT2D eigenvalue weighted by atomic mass is 10.1. The minimum Gasteiger partial charge on any atom is -0.507 e. The second-order valence-corrected chi connectivity index (χ2v) is 2.81. The summed E-state index contributed by atoms with van der Waals surface area (Å²) < 4.78 is 4.99. The van der Waals surface area contributed by atoms with Crippen molar-refractivity contribution in [2.75, 3.05) is 20.7 Å². The van der Waals surface area contributed by atoms with Crippen LogP contribution in [0, 0.1) is 0 Å². The first-order valence-corrected chi connectivity index (χ1v) is 4.24. The van der Waals surface area contributed by atoms with E-state index in [4.69, 9.17) is 4.74 Å². The maximum absolute atomic E-state index is 11.5. The predicted molar refractivity (Wildman–Crippen MR) is 52.9 cm³/mol. The van der Waals surface area contributed by atoms with Crippen molar-refractivity contribution in [2.24, 2.45) is 0 Å². The molecule has 4 nitrogen and oxygen atoms in total. The van der Waals surface area contributed by atoms with Crippen molar-refractivity contribution in [3.8, 4) is 11.5 Å². The average molecular weight is 195 g/mol. The number of nitrogens with one attached hydrogen (secondary N) is 1. The van der Waals surface area contributed by atoms with Gasteiger partial charge in [0.2, 0.25) is 0 Å². The molecule has 1 rings (SSSR count). The van der Waals surface area contributed by atoms with Gasteiger partial charge in [0.05, 0.1) is 13.7 Å². The maximum atomic E-state index is 11.5. The number of likely N-dealkylation sites (N-methyl/N-ethyl adjacent to an activating group) is 1. The van der Waals surface area contributed by atoms with Gasteiger partial charge >= 0.3 is 0 Å². The number of ether oxygens (including phenoxy) is 1. The molecule has 0 spiro atoms. The Morgan fingerprint density at radius 1 is 1.57 bits per heavy atom. The molecule has 0 aliphatic carbocycles. The van der Waals surface area contributed by atoms with Gasteiger partial charge in [-0.1, -0.05) is 6.07 Å². The van der Waals surface area contributed by atoms with Crippen LogP contribution in [0.5, 0.6) is 11.5 Å². The van der Waals surface area contributed by atoms with Gasteiger partial charge in [0.25, 0.3) is 0 Å². The van der Waals surface area contributed by atoms with Crippen LogP contribution >= 0.6 is 0 Å². The summed E-state index contributed by atoms with van der Waals surface area (Å²) in [6, 6.07) is 4.73. The zero-order valence-corrected chi connectivity index (χ0v) is 8.20. The number of ketones is 1. The smallest absolute Gasteiger partial charge is 0.184 e. The highest BCUT2D eigenvalue weighted by Gasteiger charge is 2.15. The molecular weight excluding hydrogens is 182 g/mol. The number of hydrogen-bond acceptors (Lipinski definition) is 4. The monoisotopic (exact) mass is 195 g/mol. The number of carbonyl (C=O) groups excluding carboxylic acids is 1. The summed E-state index contributed by atoms with van der Waals surface area (Å²) in [5.74, 6) is 0.150. The van der Waals surface area contributed by atoms with E-state index in [2.05, 4.69) is 5.32 Å². The second kappa shape index (κ2) is 4.62. The van der Waals surface area contributed by atoms with Crippen LogP contribution in [0.2, 0.25) is 0 Å². The molecule has 0 aromatic heterocycles. The van der Waals surface area contributed by atoms with E-state index < -0.39 is 0 Å². The van der Waals surface area contributed by atoms with Gasteiger partial charge in [-0.3, -0.25) is 4.79 Å². The van der Waals surface area contributed by atoms with Gasteiger partial charge in [0.1, 0.15) is 17.1 Å². The summed E-state index contributed by atoms with van der Waals surface area (Å²) in [4.78, 5) is 11.5. The number of aromatic hydroxyl groups is 1. The Hall–Kier alpha value is -1.55. The van der Waals surface area contributed by atoms with Crippen LogP contribution in [0.1, 0.15) is 10.4 Å². The third-order valence-electron chi connectivity index (χ3n) is 1.84. The molecule has 0 fully saturated rings. The zero-order valence-electron chi connectivity index (χ0n) is 8.20. The van der Waals surface area contributed by atoms with Crippen LogP contribution in [0.3, 0.4) is 0 Å². The van der Waals surface area contributed by atoms with Crippen molar-refractivity contribution in [3.05, 3.63) is 23.8 Å². The fourth-order valence-electron chi connectivity index (χ4n) is 1.22. The third-order valence-corrected chi connectivity index (χ3v) is 1.84. The van der Waals surface area contributed by atoms with Gasteiger partial charge in [-0.2, -0.15) is 0 Å². The molecule has 1 aromatic carbocycles. The lowest BCUT2D eigenvalue weighted by Gasteiger charge is -2.08. The number of benzene rings is 1. The van der Waals surface area contributed by atoms with Gasteiger partial charge in [-0.05, 0) is 19.2 Å². The number of carbonyl (C=O) groups is 1. The summed E-state index contributed by atoms with van der Waals surface area (Å²) in [5, 5.41) is 12.2. The summed E-state index contributed by atoms with van der Waals surface area (Å²) in [7, 11) is 3.13. The van der Waals surface area contributed by atoms with Gasteiger partial charge < -0.3 is 15.2 Å². The Balaban J connectivity index is 3.10. The minimum absolute atomic E-state index is 0.0513. The van der Waals surface area contributed by atoms with Gasteiger partial charge in [-0.15, -0.1) is 0 Å². The first-order valence-electron chi connectivity index (χ1n) is 4.24. The van der Waals surface area contributed by atoms with Crippen LogP contribution < -0.4 is 10.1 Å². The molecule has 0 heterocycles. The minimum atomic E-state index is -0.192. The fourth-order valence-corrected chi connectivity index (χ4v) is 1.22. The summed E-state index contributed by atoms with van der Waals surface area (Å²) >= 11 is 0. The quantitative estimate of drug-likeness (QED) is 0.698. The van der Waals surface area contributed by atoms with E-state index in [1.54, 1.807) is 19.2 Å². The highest BCUT2D eigenvalue weighted by Crippen LogP contribution is 2.27. The molecule has 0 atom stereocenters. The molecule has 0 amide bonds. The number of hydrogen-bond donors (Lipinski definition) is 2. The van der Waals surface area contributed by atoms with Crippen molar-refractivity contribution in [3.63, 3.8) is 0 Å². The Kier molecular flexibility index (Phi) is 3.48. The Morgan fingerprint density at radius 2 is 2.29 bits per heavy atom. The highest BCUT2D eigenvalue weighted by molar-refractivity contribution is 6.02. The SMILES string of the molecule is CNCC(=O)c1c(O)cccc1OC. The predicted octanol–water partition coefficient (Wildman–Crippen LogP) is 0.803. The number of Topliss-reactive ketones (excluding diaryl/α,β-unsaturated/α-hetero) is 1. The topological polar surface area (TPSA) is 58.6 Å². The van der Waals surface area contributed by atoms with Crippen LogP contribution in [-0.2, 0) is 0 Å². The highest BCUT2D eigenvalue weighted by atomic mass is 16.5. The van der Waals surface area contributed by atoms with E-state index >= 15 is 0 Å². The zero-order chi connectivity index (χ0) is 10.6.